The molecular formula is C20H30N2O10. The lowest BCUT2D eigenvalue weighted by Gasteiger charge is -2.25. The zero-order valence-electron chi connectivity index (χ0n) is 18.0. The van der Waals surface area contributed by atoms with Crippen LogP contribution in [0.25, 0.3) is 0 Å². The molecule has 2 amide bonds. The Morgan fingerprint density at radius 1 is 0.594 bits per heavy atom. The van der Waals surface area contributed by atoms with E-state index in [1.807, 2.05) is 0 Å². The zero-order chi connectivity index (χ0) is 23.0. The van der Waals surface area contributed by atoms with Gasteiger partial charge in [-0.3, -0.25) is 0 Å². The molecule has 12 heteroatoms. The first-order valence-electron chi connectivity index (χ1n) is 10.6. The third-order valence-electron chi connectivity index (χ3n) is 4.41. The molecule has 0 aliphatic carbocycles. The molecule has 0 unspecified atom stereocenters. The predicted octanol–water partition coefficient (Wildman–Crippen LogP) is 0.347. The van der Waals surface area contributed by atoms with Crippen LogP contribution in [-0.2, 0) is 38.0 Å². The molecule has 0 atom stereocenters. The fourth-order valence-electron chi connectivity index (χ4n) is 2.69. The van der Waals surface area contributed by atoms with Crippen molar-refractivity contribution in [2.75, 3.05) is 79.0 Å². The number of morpholine rings is 2. The van der Waals surface area contributed by atoms with E-state index in [4.69, 9.17) is 28.4 Å². The Kier molecular flexibility index (Phi) is 11.9. The van der Waals surface area contributed by atoms with Gasteiger partial charge in [0.2, 0.25) is 0 Å². The van der Waals surface area contributed by atoms with Crippen LogP contribution in [0.15, 0.2) is 12.2 Å². The van der Waals surface area contributed by atoms with Gasteiger partial charge in [0.25, 0.3) is 0 Å². The number of carbonyl (C=O) groups is 4. The number of hydrogen-bond donors (Lipinski definition) is 0. The van der Waals surface area contributed by atoms with Gasteiger partial charge in [-0.05, 0) is 0 Å². The minimum atomic E-state index is -0.708. The fraction of sp³-hybridized carbons (Fsp3) is 0.700. The normalized spacial score (nSPS) is 16.5. The summed E-state index contributed by atoms with van der Waals surface area (Å²) in [5.41, 5.74) is 0. The third-order valence-corrected chi connectivity index (χ3v) is 4.41. The van der Waals surface area contributed by atoms with Crippen LogP contribution in [0.4, 0.5) is 9.59 Å². The van der Waals surface area contributed by atoms with Gasteiger partial charge in [0.15, 0.2) is 0 Å². The number of hydrogen-bond acceptors (Lipinski definition) is 10. The van der Waals surface area contributed by atoms with E-state index in [2.05, 4.69) is 0 Å². The molecule has 0 radical (unpaired) electrons. The highest BCUT2D eigenvalue weighted by molar-refractivity contribution is 5.91. The van der Waals surface area contributed by atoms with Crippen LogP contribution in [0, 0.1) is 0 Å². The molecule has 0 saturated carbocycles. The lowest BCUT2D eigenvalue weighted by Crippen LogP contribution is -2.41. The lowest BCUT2D eigenvalue weighted by atomic mass is 10.4. The standard InChI is InChI=1S/C20H30N2O10/c23-17(29-9-1-11-31-19(25)21-5-13-27-14-6-21)3-4-18(24)30-10-2-12-32-20(26)22-7-15-28-16-8-22/h3-4H,1-2,5-16H2/b4-3+. The first kappa shape index (κ1) is 25.4. The summed E-state index contributed by atoms with van der Waals surface area (Å²) in [6, 6.07) is 0. The fourth-order valence-corrected chi connectivity index (χ4v) is 2.69. The van der Waals surface area contributed by atoms with Crippen LogP contribution in [0.5, 0.6) is 0 Å². The van der Waals surface area contributed by atoms with Crippen LogP contribution < -0.4 is 0 Å². The average Bonchev–Trinajstić information content (AvgIpc) is 2.83. The maximum Gasteiger partial charge on any atom is 0.409 e. The summed E-state index contributed by atoms with van der Waals surface area (Å²) in [6.45, 7) is 4.26. The molecule has 0 aromatic heterocycles. The van der Waals surface area contributed by atoms with Gasteiger partial charge < -0.3 is 38.2 Å². The molecule has 0 aromatic rings. The van der Waals surface area contributed by atoms with Crippen molar-refractivity contribution in [1.82, 2.24) is 9.80 Å². The van der Waals surface area contributed by atoms with Gasteiger partial charge in [0.05, 0.1) is 52.9 Å². The second-order valence-corrected chi connectivity index (χ2v) is 6.80. The van der Waals surface area contributed by atoms with Crippen molar-refractivity contribution in [3.63, 3.8) is 0 Å². The quantitative estimate of drug-likeness (QED) is 0.196. The Morgan fingerprint density at radius 2 is 0.938 bits per heavy atom. The van der Waals surface area contributed by atoms with Crippen molar-refractivity contribution in [3.8, 4) is 0 Å². The smallest absolute Gasteiger partial charge is 0.409 e. The summed E-state index contributed by atoms with van der Waals surface area (Å²) in [6.07, 6.45) is 1.75. The van der Waals surface area contributed by atoms with Crippen molar-refractivity contribution in [2.45, 2.75) is 12.8 Å². The molecule has 2 heterocycles. The molecule has 2 saturated heterocycles. The molecular weight excluding hydrogens is 428 g/mol. The number of esters is 2. The molecule has 0 spiro atoms. The van der Waals surface area contributed by atoms with E-state index >= 15 is 0 Å². The van der Waals surface area contributed by atoms with Crippen LogP contribution >= 0.6 is 0 Å². The van der Waals surface area contributed by atoms with E-state index in [1.54, 1.807) is 9.80 Å². The SMILES string of the molecule is O=C(/C=C/C(=O)OCCCOC(=O)N1CCOCC1)OCCCOC(=O)N1CCOCC1. The Balaban J connectivity index is 1.44. The van der Waals surface area contributed by atoms with E-state index < -0.39 is 24.1 Å². The van der Waals surface area contributed by atoms with Crippen LogP contribution in [0.3, 0.4) is 0 Å². The average molecular weight is 458 g/mol. The maximum atomic E-state index is 11.8. The predicted molar refractivity (Wildman–Crippen MR) is 108 cm³/mol. The minimum absolute atomic E-state index is 0.0448. The molecule has 32 heavy (non-hydrogen) atoms. The van der Waals surface area contributed by atoms with E-state index in [-0.39, 0.29) is 26.4 Å². The van der Waals surface area contributed by atoms with E-state index in [9.17, 15) is 19.2 Å². The molecule has 2 aliphatic heterocycles. The van der Waals surface area contributed by atoms with E-state index in [0.29, 0.717) is 65.4 Å². The highest BCUT2D eigenvalue weighted by atomic mass is 16.6. The molecule has 12 nitrogen and oxygen atoms in total. The Labute approximate surface area is 186 Å². The van der Waals surface area contributed by atoms with Gasteiger partial charge in [-0.2, -0.15) is 0 Å². The summed E-state index contributed by atoms with van der Waals surface area (Å²) < 4.78 is 30.3. The first-order valence-corrected chi connectivity index (χ1v) is 10.6. The molecule has 180 valence electrons. The van der Waals surface area contributed by atoms with E-state index in [0.717, 1.165) is 12.2 Å². The topological polar surface area (TPSA) is 130 Å². The number of nitrogens with zero attached hydrogens (tertiary/aromatic N) is 2. The Hall–Kier alpha value is -2.86. The lowest BCUT2D eigenvalue weighted by molar-refractivity contribution is -0.140. The maximum absolute atomic E-state index is 11.8. The number of amides is 2. The molecule has 0 aromatic carbocycles. The van der Waals surface area contributed by atoms with Gasteiger partial charge >= 0.3 is 24.1 Å². The van der Waals surface area contributed by atoms with Crippen molar-refractivity contribution >= 4 is 24.1 Å². The Bertz CT molecular complexity index is 588. The second kappa shape index (κ2) is 15.0. The van der Waals surface area contributed by atoms with Crippen LogP contribution in [0.2, 0.25) is 0 Å². The van der Waals surface area contributed by atoms with Crippen LogP contribution in [-0.4, -0.2) is 113 Å². The minimum Gasteiger partial charge on any atom is -0.462 e. The number of carbonyl (C=O) groups excluding carboxylic acids is 4. The van der Waals surface area contributed by atoms with Crippen LogP contribution in [0.1, 0.15) is 12.8 Å². The zero-order valence-corrected chi connectivity index (χ0v) is 18.0. The molecule has 2 aliphatic rings. The number of ether oxygens (including phenoxy) is 6. The highest BCUT2D eigenvalue weighted by Gasteiger charge is 2.18. The van der Waals surface area contributed by atoms with Gasteiger partial charge in [-0.1, -0.05) is 0 Å². The Morgan fingerprint density at radius 3 is 1.31 bits per heavy atom. The molecule has 2 rings (SSSR count). The summed E-state index contributed by atoms with van der Waals surface area (Å²) in [5, 5.41) is 0. The monoisotopic (exact) mass is 458 g/mol. The van der Waals surface area contributed by atoms with Gasteiger partial charge in [0, 0.05) is 51.2 Å². The third kappa shape index (κ3) is 10.4. The molecule has 2 fully saturated rings. The van der Waals surface area contributed by atoms with Crippen molar-refractivity contribution < 1.29 is 47.6 Å². The van der Waals surface area contributed by atoms with Crippen molar-refractivity contribution in [1.29, 1.82) is 0 Å². The first-order chi connectivity index (χ1) is 15.6. The largest absolute Gasteiger partial charge is 0.462 e. The highest BCUT2D eigenvalue weighted by Crippen LogP contribution is 2.02. The molecule has 0 bridgehead atoms. The van der Waals surface area contributed by atoms with Gasteiger partial charge in [-0.15, -0.1) is 0 Å². The van der Waals surface area contributed by atoms with Gasteiger partial charge in [-0.25, -0.2) is 19.2 Å². The van der Waals surface area contributed by atoms with Crippen molar-refractivity contribution in [2.24, 2.45) is 0 Å². The summed E-state index contributed by atoms with van der Waals surface area (Å²) in [7, 11) is 0. The summed E-state index contributed by atoms with van der Waals surface area (Å²) in [4.78, 5) is 49.8. The van der Waals surface area contributed by atoms with Gasteiger partial charge in [0.1, 0.15) is 0 Å². The van der Waals surface area contributed by atoms with E-state index in [1.165, 1.54) is 0 Å². The second-order valence-electron chi connectivity index (χ2n) is 6.80. The summed E-state index contributed by atoms with van der Waals surface area (Å²) in [5.74, 6) is -1.42. The number of rotatable bonds is 10. The summed E-state index contributed by atoms with van der Waals surface area (Å²) >= 11 is 0. The van der Waals surface area contributed by atoms with Crippen molar-refractivity contribution in [3.05, 3.63) is 12.2 Å². The molecule has 0 N–H and O–H groups in total.